The molecule has 0 aliphatic heterocycles. The first-order valence-corrected chi connectivity index (χ1v) is 4.71. The Hall–Kier alpha value is -1.88. The van der Waals surface area contributed by atoms with E-state index in [0.29, 0.717) is 5.15 Å². The molecule has 74 valence electrons. The van der Waals surface area contributed by atoms with E-state index in [9.17, 15) is 0 Å². The molecule has 3 aromatic heterocycles. The molecular weight excluding hydrogens is 214 g/mol. The van der Waals surface area contributed by atoms with Crippen LogP contribution in [0.3, 0.4) is 0 Å². The zero-order chi connectivity index (χ0) is 10.3. The minimum atomic E-state index is 0.436. The summed E-state index contributed by atoms with van der Waals surface area (Å²) in [5.74, 6) is 0. The minimum absolute atomic E-state index is 0.436. The first kappa shape index (κ1) is 8.43. The summed E-state index contributed by atoms with van der Waals surface area (Å²) in [7, 11) is 0. The van der Waals surface area contributed by atoms with Crippen LogP contribution in [0.2, 0.25) is 5.15 Å². The lowest BCUT2D eigenvalue weighted by atomic mass is 10.3. The van der Waals surface area contributed by atoms with E-state index in [0.717, 1.165) is 16.8 Å². The first-order valence-electron chi connectivity index (χ1n) is 4.33. The summed E-state index contributed by atoms with van der Waals surface area (Å²) in [6, 6.07) is 1.81. The van der Waals surface area contributed by atoms with E-state index in [-0.39, 0.29) is 0 Å². The van der Waals surface area contributed by atoms with Crippen molar-refractivity contribution in [3.05, 3.63) is 36.0 Å². The molecule has 1 N–H and O–H groups in total. The maximum atomic E-state index is 6.02. The molecule has 0 fully saturated rings. The highest BCUT2D eigenvalue weighted by molar-refractivity contribution is 6.32. The number of fused-ring (bicyclic) bond motifs is 1. The molecular formula is C9H6ClN5. The Bertz CT molecular complexity index is 598. The second-order valence-electron chi connectivity index (χ2n) is 3.06. The highest BCUT2D eigenvalue weighted by Gasteiger charge is 2.06. The third-order valence-corrected chi connectivity index (χ3v) is 2.42. The molecule has 0 amide bonds. The summed E-state index contributed by atoms with van der Waals surface area (Å²) in [4.78, 5) is 4.26. The lowest BCUT2D eigenvalue weighted by molar-refractivity contribution is 0.949. The molecule has 0 bridgehead atoms. The molecule has 0 radical (unpaired) electrons. The predicted octanol–water partition coefficient (Wildman–Crippen LogP) is 1.77. The van der Waals surface area contributed by atoms with Crippen molar-refractivity contribution in [2.45, 2.75) is 0 Å². The van der Waals surface area contributed by atoms with Gasteiger partial charge in [0.25, 0.3) is 0 Å². The van der Waals surface area contributed by atoms with Crippen molar-refractivity contribution in [2.24, 2.45) is 0 Å². The molecule has 5 nitrogen and oxygen atoms in total. The third-order valence-electron chi connectivity index (χ3n) is 2.14. The van der Waals surface area contributed by atoms with Gasteiger partial charge >= 0.3 is 0 Å². The minimum Gasteiger partial charge on any atom is -0.285 e. The fraction of sp³-hybridized carbons (Fsp3) is 0. The van der Waals surface area contributed by atoms with Crippen LogP contribution in [-0.2, 0) is 0 Å². The number of rotatable bonds is 1. The standard InChI is InChI=1S/C9H6ClN5/c10-9-8-1-2-13-15(8)5-7(14-9)6-3-11-12-4-6/h1-5H,(H,11,12). The lowest BCUT2D eigenvalue weighted by Crippen LogP contribution is -1.92. The van der Waals surface area contributed by atoms with Crippen molar-refractivity contribution >= 4 is 17.1 Å². The molecule has 0 aromatic carbocycles. The molecule has 0 atom stereocenters. The van der Waals surface area contributed by atoms with Crippen LogP contribution in [0.5, 0.6) is 0 Å². The van der Waals surface area contributed by atoms with E-state index in [2.05, 4.69) is 20.3 Å². The SMILES string of the molecule is Clc1nc(-c2cn[nH]c2)cn2nccc12. The summed E-state index contributed by atoms with van der Waals surface area (Å²) in [6.45, 7) is 0. The summed E-state index contributed by atoms with van der Waals surface area (Å²) < 4.78 is 1.69. The molecule has 3 heterocycles. The van der Waals surface area contributed by atoms with Crippen LogP contribution in [-0.4, -0.2) is 24.8 Å². The second kappa shape index (κ2) is 3.06. The average molecular weight is 220 g/mol. The predicted molar refractivity (Wildman–Crippen MR) is 55.6 cm³/mol. The fourth-order valence-corrected chi connectivity index (χ4v) is 1.66. The molecule has 0 unspecified atom stereocenters. The number of hydrogen-bond donors (Lipinski definition) is 1. The van der Waals surface area contributed by atoms with E-state index >= 15 is 0 Å². The van der Waals surface area contributed by atoms with Crippen LogP contribution < -0.4 is 0 Å². The summed E-state index contributed by atoms with van der Waals surface area (Å²) in [5, 5.41) is 11.1. The Morgan fingerprint density at radius 2 is 2.33 bits per heavy atom. The van der Waals surface area contributed by atoms with Gasteiger partial charge in [0.2, 0.25) is 0 Å². The molecule has 15 heavy (non-hydrogen) atoms. The molecule has 0 spiro atoms. The highest BCUT2D eigenvalue weighted by atomic mass is 35.5. The number of aromatic amines is 1. The Kier molecular flexibility index (Phi) is 1.72. The third kappa shape index (κ3) is 1.28. The van der Waals surface area contributed by atoms with Crippen molar-refractivity contribution in [2.75, 3.05) is 0 Å². The number of aromatic nitrogens is 5. The quantitative estimate of drug-likeness (QED) is 0.679. The van der Waals surface area contributed by atoms with Gasteiger partial charge in [-0.15, -0.1) is 0 Å². The molecule has 0 saturated carbocycles. The van der Waals surface area contributed by atoms with Gasteiger partial charge in [-0.05, 0) is 6.07 Å². The molecule has 0 aliphatic carbocycles. The van der Waals surface area contributed by atoms with Crippen LogP contribution in [0.4, 0.5) is 0 Å². The molecule has 6 heteroatoms. The highest BCUT2D eigenvalue weighted by Crippen LogP contribution is 2.20. The van der Waals surface area contributed by atoms with Crippen molar-refractivity contribution in [1.82, 2.24) is 24.8 Å². The largest absolute Gasteiger partial charge is 0.285 e. The van der Waals surface area contributed by atoms with Gasteiger partial charge in [0.15, 0.2) is 5.15 Å². The Balaban J connectivity index is 2.29. The normalized spacial score (nSPS) is 11.0. The lowest BCUT2D eigenvalue weighted by Gasteiger charge is -2.00. The summed E-state index contributed by atoms with van der Waals surface area (Å²) >= 11 is 6.02. The molecule has 0 aliphatic rings. The van der Waals surface area contributed by atoms with Gasteiger partial charge in [0.1, 0.15) is 5.52 Å². The molecule has 0 saturated heterocycles. The van der Waals surface area contributed by atoms with Crippen molar-refractivity contribution < 1.29 is 0 Å². The average Bonchev–Trinajstić information content (AvgIpc) is 2.88. The van der Waals surface area contributed by atoms with Gasteiger partial charge < -0.3 is 0 Å². The van der Waals surface area contributed by atoms with Gasteiger partial charge in [-0.3, -0.25) is 5.10 Å². The number of nitrogens with zero attached hydrogens (tertiary/aromatic N) is 4. The number of hydrogen-bond acceptors (Lipinski definition) is 3. The first-order chi connectivity index (χ1) is 7.34. The fourth-order valence-electron chi connectivity index (χ4n) is 1.42. The van der Waals surface area contributed by atoms with Crippen LogP contribution in [0, 0.1) is 0 Å². The molecule has 3 aromatic rings. The van der Waals surface area contributed by atoms with E-state index in [1.165, 1.54) is 0 Å². The van der Waals surface area contributed by atoms with Crippen LogP contribution >= 0.6 is 11.6 Å². The van der Waals surface area contributed by atoms with E-state index < -0.39 is 0 Å². The number of nitrogens with one attached hydrogen (secondary N) is 1. The van der Waals surface area contributed by atoms with Crippen LogP contribution in [0.15, 0.2) is 30.9 Å². The maximum Gasteiger partial charge on any atom is 0.155 e. The zero-order valence-electron chi connectivity index (χ0n) is 7.55. The van der Waals surface area contributed by atoms with E-state index in [1.807, 2.05) is 12.3 Å². The Labute approximate surface area is 89.7 Å². The van der Waals surface area contributed by atoms with Crippen LogP contribution in [0.25, 0.3) is 16.8 Å². The summed E-state index contributed by atoms with van der Waals surface area (Å²) in [5.41, 5.74) is 2.42. The van der Waals surface area contributed by atoms with Gasteiger partial charge in [-0.1, -0.05) is 11.6 Å². The number of H-pyrrole nitrogens is 1. The van der Waals surface area contributed by atoms with Crippen molar-refractivity contribution in [3.8, 4) is 11.3 Å². The van der Waals surface area contributed by atoms with Crippen molar-refractivity contribution in [3.63, 3.8) is 0 Å². The van der Waals surface area contributed by atoms with Gasteiger partial charge in [-0.2, -0.15) is 10.2 Å². The maximum absolute atomic E-state index is 6.02. The van der Waals surface area contributed by atoms with E-state index in [1.54, 1.807) is 23.1 Å². The van der Waals surface area contributed by atoms with Gasteiger partial charge in [-0.25, -0.2) is 9.50 Å². The summed E-state index contributed by atoms with van der Waals surface area (Å²) in [6.07, 6.45) is 6.94. The topological polar surface area (TPSA) is 58.9 Å². The Morgan fingerprint density at radius 1 is 1.40 bits per heavy atom. The number of halogens is 1. The molecule has 3 rings (SSSR count). The van der Waals surface area contributed by atoms with E-state index in [4.69, 9.17) is 11.6 Å². The van der Waals surface area contributed by atoms with Crippen molar-refractivity contribution in [1.29, 1.82) is 0 Å². The smallest absolute Gasteiger partial charge is 0.155 e. The van der Waals surface area contributed by atoms with Gasteiger partial charge in [0.05, 0.1) is 24.3 Å². The van der Waals surface area contributed by atoms with Gasteiger partial charge in [0, 0.05) is 11.8 Å². The monoisotopic (exact) mass is 219 g/mol. The Morgan fingerprint density at radius 3 is 3.13 bits per heavy atom. The second-order valence-corrected chi connectivity index (χ2v) is 3.42. The zero-order valence-corrected chi connectivity index (χ0v) is 8.31. The van der Waals surface area contributed by atoms with Crippen LogP contribution in [0.1, 0.15) is 0 Å².